The zero-order chi connectivity index (χ0) is 12.0. The van der Waals surface area contributed by atoms with Crippen molar-refractivity contribution in [3.8, 4) is 17.6 Å². The average molecular weight is 221 g/mol. The molecule has 0 saturated heterocycles. The van der Waals surface area contributed by atoms with Crippen molar-refractivity contribution in [3.63, 3.8) is 0 Å². The van der Waals surface area contributed by atoms with Crippen LogP contribution in [0.25, 0.3) is 0 Å². The number of nitrogens with zero attached hydrogens (tertiary/aromatic N) is 1. The van der Waals surface area contributed by atoms with E-state index in [1.54, 1.807) is 21.3 Å². The molecule has 1 rings (SSSR count). The molecule has 0 amide bonds. The lowest BCUT2D eigenvalue weighted by molar-refractivity contribution is 0.184. The number of methoxy groups -OCH3 is 3. The molecule has 16 heavy (non-hydrogen) atoms. The highest BCUT2D eigenvalue weighted by Gasteiger charge is 2.11. The normalized spacial score (nSPS) is 9.62. The van der Waals surface area contributed by atoms with E-state index in [0.717, 1.165) is 11.1 Å². The quantitative estimate of drug-likeness (QED) is 0.762. The second-order valence-electron chi connectivity index (χ2n) is 3.26. The summed E-state index contributed by atoms with van der Waals surface area (Å²) in [6, 6.07) is 5.85. The van der Waals surface area contributed by atoms with Gasteiger partial charge in [-0.2, -0.15) is 5.26 Å². The van der Waals surface area contributed by atoms with Crippen molar-refractivity contribution in [2.45, 2.75) is 13.0 Å². The Morgan fingerprint density at radius 2 is 1.94 bits per heavy atom. The van der Waals surface area contributed by atoms with Crippen molar-refractivity contribution in [1.29, 1.82) is 5.26 Å². The smallest absolute Gasteiger partial charge is 0.164 e. The molecule has 0 atom stereocenters. The van der Waals surface area contributed by atoms with Crippen LogP contribution in [0, 0.1) is 11.3 Å². The highest BCUT2D eigenvalue weighted by Crippen LogP contribution is 2.33. The summed E-state index contributed by atoms with van der Waals surface area (Å²) in [7, 11) is 4.76. The summed E-state index contributed by atoms with van der Waals surface area (Å²) < 4.78 is 15.5. The Kier molecular flexibility index (Phi) is 4.62. The van der Waals surface area contributed by atoms with Crippen molar-refractivity contribution in [2.75, 3.05) is 21.3 Å². The second-order valence-corrected chi connectivity index (χ2v) is 3.26. The highest BCUT2D eigenvalue weighted by atomic mass is 16.5. The third kappa shape index (κ3) is 2.65. The van der Waals surface area contributed by atoms with E-state index in [0.29, 0.717) is 18.1 Å². The van der Waals surface area contributed by atoms with Gasteiger partial charge in [-0.05, 0) is 17.7 Å². The Labute approximate surface area is 95.4 Å². The van der Waals surface area contributed by atoms with Crippen LogP contribution in [0.15, 0.2) is 12.1 Å². The summed E-state index contributed by atoms with van der Waals surface area (Å²) >= 11 is 0. The first kappa shape index (κ1) is 12.3. The van der Waals surface area contributed by atoms with E-state index in [2.05, 4.69) is 6.07 Å². The van der Waals surface area contributed by atoms with Crippen LogP contribution in [0.3, 0.4) is 0 Å². The van der Waals surface area contributed by atoms with Gasteiger partial charge in [0.05, 0.1) is 33.3 Å². The van der Waals surface area contributed by atoms with Crippen LogP contribution in [0.5, 0.6) is 11.5 Å². The maximum absolute atomic E-state index is 8.75. The van der Waals surface area contributed by atoms with Gasteiger partial charge in [0.15, 0.2) is 11.5 Å². The lowest BCUT2D eigenvalue weighted by Gasteiger charge is -2.13. The molecule has 0 N–H and O–H groups in total. The van der Waals surface area contributed by atoms with Crippen LogP contribution in [-0.2, 0) is 17.8 Å². The SMILES string of the molecule is COCc1cc(CC#N)c(OC)c(OC)c1. The zero-order valence-electron chi connectivity index (χ0n) is 9.74. The van der Waals surface area contributed by atoms with E-state index in [9.17, 15) is 0 Å². The minimum Gasteiger partial charge on any atom is -0.493 e. The first-order chi connectivity index (χ1) is 7.76. The van der Waals surface area contributed by atoms with Gasteiger partial charge in [0.1, 0.15) is 0 Å². The third-order valence-corrected chi connectivity index (χ3v) is 2.20. The van der Waals surface area contributed by atoms with Crippen LogP contribution in [0.4, 0.5) is 0 Å². The molecule has 0 aromatic heterocycles. The van der Waals surface area contributed by atoms with Gasteiger partial charge in [-0.3, -0.25) is 0 Å². The Bertz CT molecular complexity index is 396. The molecule has 4 nitrogen and oxygen atoms in total. The van der Waals surface area contributed by atoms with Gasteiger partial charge < -0.3 is 14.2 Å². The number of hydrogen-bond donors (Lipinski definition) is 0. The van der Waals surface area contributed by atoms with Crippen molar-refractivity contribution in [1.82, 2.24) is 0 Å². The summed E-state index contributed by atoms with van der Waals surface area (Å²) in [6.45, 7) is 0.485. The molecule has 0 aliphatic carbocycles. The van der Waals surface area contributed by atoms with Crippen LogP contribution < -0.4 is 9.47 Å². The van der Waals surface area contributed by atoms with Gasteiger partial charge in [0.2, 0.25) is 0 Å². The van der Waals surface area contributed by atoms with Gasteiger partial charge in [-0.1, -0.05) is 0 Å². The van der Waals surface area contributed by atoms with Crippen LogP contribution in [0.1, 0.15) is 11.1 Å². The zero-order valence-corrected chi connectivity index (χ0v) is 9.74. The molecule has 0 radical (unpaired) electrons. The van der Waals surface area contributed by atoms with Crippen LogP contribution in [0.2, 0.25) is 0 Å². The maximum Gasteiger partial charge on any atom is 0.164 e. The van der Waals surface area contributed by atoms with Crippen LogP contribution in [-0.4, -0.2) is 21.3 Å². The van der Waals surface area contributed by atoms with Gasteiger partial charge in [0, 0.05) is 12.7 Å². The topological polar surface area (TPSA) is 51.5 Å². The molecule has 1 aromatic rings. The summed E-state index contributed by atoms with van der Waals surface area (Å²) in [4.78, 5) is 0. The lowest BCUT2D eigenvalue weighted by atomic mass is 10.1. The molecule has 0 spiro atoms. The number of rotatable bonds is 5. The van der Waals surface area contributed by atoms with E-state index in [4.69, 9.17) is 19.5 Å². The number of ether oxygens (including phenoxy) is 3. The predicted molar refractivity (Wildman–Crippen MR) is 59.6 cm³/mol. The first-order valence-electron chi connectivity index (χ1n) is 4.86. The Morgan fingerprint density at radius 3 is 2.44 bits per heavy atom. The van der Waals surface area contributed by atoms with E-state index in [-0.39, 0.29) is 6.42 Å². The second kappa shape index (κ2) is 5.99. The highest BCUT2D eigenvalue weighted by molar-refractivity contribution is 5.50. The molecule has 0 saturated carbocycles. The average Bonchev–Trinajstić information content (AvgIpc) is 2.29. The molecular formula is C12H15NO3. The number of benzene rings is 1. The van der Waals surface area contributed by atoms with Gasteiger partial charge in [-0.15, -0.1) is 0 Å². The van der Waals surface area contributed by atoms with Gasteiger partial charge in [-0.25, -0.2) is 0 Å². The van der Waals surface area contributed by atoms with Crippen molar-refractivity contribution >= 4 is 0 Å². The molecule has 4 heteroatoms. The van der Waals surface area contributed by atoms with Crippen molar-refractivity contribution in [2.24, 2.45) is 0 Å². The summed E-state index contributed by atoms with van der Waals surface area (Å²) in [5, 5.41) is 8.75. The van der Waals surface area contributed by atoms with Gasteiger partial charge in [0.25, 0.3) is 0 Å². The molecule has 0 aliphatic heterocycles. The monoisotopic (exact) mass is 221 g/mol. The van der Waals surface area contributed by atoms with Crippen LogP contribution >= 0.6 is 0 Å². The molecule has 86 valence electrons. The Morgan fingerprint density at radius 1 is 1.19 bits per heavy atom. The maximum atomic E-state index is 8.75. The third-order valence-electron chi connectivity index (χ3n) is 2.20. The summed E-state index contributed by atoms with van der Waals surface area (Å²) in [6.07, 6.45) is 0.289. The largest absolute Gasteiger partial charge is 0.493 e. The predicted octanol–water partition coefficient (Wildman–Crippen LogP) is 1.92. The number of nitriles is 1. The summed E-state index contributed by atoms with van der Waals surface area (Å²) in [5.41, 5.74) is 1.78. The lowest BCUT2D eigenvalue weighted by Crippen LogP contribution is -1.99. The van der Waals surface area contributed by atoms with E-state index in [1.807, 2.05) is 12.1 Å². The Hall–Kier alpha value is -1.73. The van der Waals surface area contributed by atoms with Crippen molar-refractivity contribution < 1.29 is 14.2 Å². The standard InChI is InChI=1S/C12H15NO3/c1-14-8-9-6-10(4-5-13)12(16-3)11(7-9)15-2/h6-7H,4,8H2,1-3H3. The molecule has 0 heterocycles. The fourth-order valence-corrected chi connectivity index (χ4v) is 1.57. The minimum atomic E-state index is 0.289. The minimum absolute atomic E-state index is 0.289. The number of hydrogen-bond acceptors (Lipinski definition) is 4. The first-order valence-corrected chi connectivity index (χ1v) is 4.86. The molecule has 0 fully saturated rings. The molecule has 0 aliphatic rings. The van der Waals surface area contributed by atoms with E-state index in [1.165, 1.54) is 0 Å². The fourth-order valence-electron chi connectivity index (χ4n) is 1.57. The molecule has 0 unspecified atom stereocenters. The fraction of sp³-hybridized carbons (Fsp3) is 0.417. The molecule has 0 bridgehead atoms. The van der Waals surface area contributed by atoms with Crippen molar-refractivity contribution in [3.05, 3.63) is 23.3 Å². The molecule has 1 aromatic carbocycles. The Balaban J connectivity index is 3.21. The van der Waals surface area contributed by atoms with E-state index >= 15 is 0 Å². The van der Waals surface area contributed by atoms with Gasteiger partial charge >= 0.3 is 0 Å². The molecular weight excluding hydrogens is 206 g/mol. The summed E-state index contributed by atoms with van der Waals surface area (Å²) in [5.74, 6) is 1.24. The van der Waals surface area contributed by atoms with E-state index < -0.39 is 0 Å².